The fourth-order valence-corrected chi connectivity index (χ4v) is 4.15. The molecule has 0 saturated carbocycles. The average molecular weight is 468 g/mol. The highest BCUT2D eigenvalue weighted by molar-refractivity contribution is 6.16. The second-order valence-corrected chi connectivity index (χ2v) is 7.87. The summed E-state index contributed by atoms with van der Waals surface area (Å²) < 4.78 is 48.0. The van der Waals surface area contributed by atoms with Crippen molar-refractivity contribution in [2.45, 2.75) is 26.6 Å². The molecule has 0 aliphatic heterocycles. The first-order valence-electron chi connectivity index (χ1n) is 10.8. The van der Waals surface area contributed by atoms with Gasteiger partial charge in [-0.2, -0.15) is 13.2 Å². The van der Waals surface area contributed by atoms with Crippen molar-refractivity contribution < 1.29 is 27.9 Å². The van der Waals surface area contributed by atoms with Crippen LogP contribution in [0.15, 0.2) is 65.8 Å². The summed E-state index contributed by atoms with van der Waals surface area (Å²) in [5.41, 5.74) is 1.62. The lowest BCUT2D eigenvalue weighted by Crippen LogP contribution is -2.13. The molecule has 176 valence electrons. The van der Waals surface area contributed by atoms with Gasteiger partial charge < -0.3 is 14.5 Å². The molecule has 0 radical (unpaired) electrons. The maximum absolute atomic E-state index is 13.5. The molecule has 34 heavy (non-hydrogen) atoms. The van der Waals surface area contributed by atoms with E-state index in [0.29, 0.717) is 31.0 Å². The van der Waals surface area contributed by atoms with Crippen LogP contribution in [0.5, 0.6) is 0 Å². The molecule has 3 aromatic carbocycles. The Balaban J connectivity index is 1.90. The van der Waals surface area contributed by atoms with E-state index in [1.807, 2.05) is 29.7 Å². The number of rotatable bonds is 7. The molecule has 0 spiro atoms. The zero-order valence-corrected chi connectivity index (χ0v) is 18.7. The number of ether oxygens (including phenoxy) is 1. The third-order valence-electron chi connectivity index (χ3n) is 5.84. The first-order valence-corrected chi connectivity index (χ1v) is 10.8. The Morgan fingerprint density at radius 1 is 1.00 bits per heavy atom. The summed E-state index contributed by atoms with van der Waals surface area (Å²) >= 11 is 0. The molecular formula is C26H23F3N2O3. The minimum Gasteiger partial charge on any atom is -0.411 e. The minimum absolute atomic E-state index is 0.158. The molecule has 0 saturated heterocycles. The fourth-order valence-electron chi connectivity index (χ4n) is 4.15. The quantitative estimate of drug-likeness (QED) is 0.114. The Labute approximate surface area is 194 Å². The van der Waals surface area contributed by atoms with Gasteiger partial charge in [0.15, 0.2) is 5.78 Å². The van der Waals surface area contributed by atoms with E-state index in [2.05, 4.69) is 5.16 Å². The van der Waals surface area contributed by atoms with Gasteiger partial charge in [0.05, 0.1) is 17.9 Å². The molecule has 0 unspecified atom stereocenters. The highest BCUT2D eigenvalue weighted by Crippen LogP contribution is 2.35. The average Bonchev–Trinajstić information content (AvgIpc) is 3.15. The maximum atomic E-state index is 13.5. The summed E-state index contributed by atoms with van der Waals surface area (Å²) in [4.78, 5) is 13.2. The number of halogens is 3. The van der Waals surface area contributed by atoms with Crippen molar-refractivity contribution in [2.75, 3.05) is 13.2 Å². The van der Waals surface area contributed by atoms with Crippen molar-refractivity contribution in [3.8, 4) is 0 Å². The minimum atomic E-state index is -4.64. The molecule has 4 rings (SSSR count). The number of hydrogen-bond acceptors (Lipinski definition) is 4. The van der Waals surface area contributed by atoms with E-state index in [1.165, 1.54) is 18.2 Å². The van der Waals surface area contributed by atoms with Crippen LogP contribution >= 0.6 is 0 Å². The number of alkyl halides is 3. The van der Waals surface area contributed by atoms with Crippen molar-refractivity contribution in [1.82, 2.24) is 4.57 Å². The zero-order chi connectivity index (χ0) is 24.5. The molecule has 0 bridgehead atoms. The zero-order valence-electron chi connectivity index (χ0n) is 18.7. The topological polar surface area (TPSA) is 63.8 Å². The molecule has 8 heteroatoms. The Hall–Kier alpha value is -3.65. The van der Waals surface area contributed by atoms with E-state index in [4.69, 9.17) is 4.74 Å². The van der Waals surface area contributed by atoms with Crippen molar-refractivity contribution in [3.05, 3.63) is 82.9 Å². The Kier molecular flexibility index (Phi) is 6.43. The van der Waals surface area contributed by atoms with Gasteiger partial charge in [-0.1, -0.05) is 29.4 Å². The van der Waals surface area contributed by atoms with E-state index < -0.39 is 23.1 Å². The number of carbonyl (C=O) groups is 1. The van der Waals surface area contributed by atoms with Crippen molar-refractivity contribution in [2.24, 2.45) is 5.16 Å². The van der Waals surface area contributed by atoms with Gasteiger partial charge in [-0.25, -0.2) is 0 Å². The number of oxime groups is 1. The lowest BCUT2D eigenvalue weighted by Gasteiger charge is -2.12. The molecule has 1 aromatic heterocycles. The molecule has 0 aliphatic rings. The number of ketones is 1. The predicted octanol–water partition coefficient (Wildman–Crippen LogP) is 6.28. The van der Waals surface area contributed by atoms with Gasteiger partial charge in [0.2, 0.25) is 0 Å². The second-order valence-electron chi connectivity index (χ2n) is 7.87. The van der Waals surface area contributed by atoms with Crippen LogP contribution in [0.1, 0.15) is 40.9 Å². The van der Waals surface area contributed by atoms with Crippen LogP contribution < -0.4 is 0 Å². The Bertz CT molecular complexity index is 1400. The largest absolute Gasteiger partial charge is 0.417 e. The van der Waals surface area contributed by atoms with Gasteiger partial charge in [0.25, 0.3) is 0 Å². The number of aromatic nitrogens is 1. The monoisotopic (exact) mass is 468 g/mol. The summed E-state index contributed by atoms with van der Waals surface area (Å²) in [5.74, 6) is -0.700. The van der Waals surface area contributed by atoms with E-state index in [9.17, 15) is 23.2 Å². The van der Waals surface area contributed by atoms with Gasteiger partial charge in [0.1, 0.15) is 0 Å². The van der Waals surface area contributed by atoms with Crippen molar-refractivity contribution >= 4 is 33.3 Å². The van der Waals surface area contributed by atoms with Crippen LogP contribution in [-0.4, -0.2) is 34.5 Å². The molecule has 4 aromatic rings. The van der Waals surface area contributed by atoms with Gasteiger partial charge in [0, 0.05) is 46.1 Å². The summed E-state index contributed by atoms with van der Waals surface area (Å²) in [7, 11) is 0. The van der Waals surface area contributed by atoms with Gasteiger partial charge in [-0.05, 0) is 55.8 Å². The predicted molar refractivity (Wildman–Crippen MR) is 125 cm³/mol. The molecular weight excluding hydrogens is 445 g/mol. The number of fused-ring (bicyclic) bond motifs is 3. The van der Waals surface area contributed by atoms with E-state index in [1.54, 1.807) is 25.1 Å². The number of carbonyl (C=O) groups excluding carboxylic acids is 1. The van der Waals surface area contributed by atoms with Crippen LogP contribution in [0, 0.1) is 0 Å². The van der Waals surface area contributed by atoms with Crippen LogP contribution in [0.4, 0.5) is 13.2 Å². The summed E-state index contributed by atoms with van der Waals surface area (Å²) in [6, 6.07) is 15.3. The number of benzene rings is 3. The normalized spacial score (nSPS) is 12.6. The fraction of sp³-hybridized carbons (Fsp3) is 0.231. The van der Waals surface area contributed by atoms with Crippen molar-refractivity contribution in [3.63, 3.8) is 0 Å². The summed E-state index contributed by atoms with van der Waals surface area (Å²) in [6.07, 6.45) is -4.64. The van der Waals surface area contributed by atoms with Crippen LogP contribution in [0.2, 0.25) is 0 Å². The smallest absolute Gasteiger partial charge is 0.411 e. The first kappa shape index (κ1) is 23.5. The maximum Gasteiger partial charge on any atom is 0.417 e. The third kappa shape index (κ3) is 4.28. The van der Waals surface area contributed by atoms with Crippen molar-refractivity contribution in [1.29, 1.82) is 0 Å². The van der Waals surface area contributed by atoms with E-state index in [0.717, 1.165) is 27.9 Å². The van der Waals surface area contributed by atoms with Crippen LogP contribution in [-0.2, 0) is 17.5 Å². The molecule has 0 aliphatic carbocycles. The summed E-state index contributed by atoms with van der Waals surface area (Å²) in [5, 5.41) is 14.0. The van der Waals surface area contributed by atoms with E-state index in [-0.39, 0.29) is 5.56 Å². The lowest BCUT2D eigenvalue weighted by molar-refractivity contribution is -0.137. The third-order valence-corrected chi connectivity index (χ3v) is 5.84. The first-order chi connectivity index (χ1) is 16.3. The standard InChI is InChI=1S/C26H23F3N2O3/c1-3-34-13-12-31-23-10-8-17(16(2)30-33)14-20(23)21-15-18(9-11-24(21)31)25(32)19-6-4-5-7-22(19)26(27,28)29/h4-11,14-15,33H,3,12-13H2,1-2H3/b30-16-. The molecule has 1 N–H and O–H groups in total. The van der Waals surface area contributed by atoms with Gasteiger partial charge in [-0.15, -0.1) is 0 Å². The van der Waals surface area contributed by atoms with Gasteiger partial charge >= 0.3 is 6.18 Å². The Morgan fingerprint density at radius 3 is 2.24 bits per heavy atom. The molecule has 5 nitrogen and oxygen atoms in total. The molecule has 1 heterocycles. The highest BCUT2D eigenvalue weighted by atomic mass is 19.4. The van der Waals surface area contributed by atoms with Gasteiger partial charge in [-0.3, -0.25) is 4.79 Å². The molecule has 0 atom stereocenters. The number of nitrogens with zero attached hydrogens (tertiary/aromatic N) is 2. The van der Waals surface area contributed by atoms with Crippen LogP contribution in [0.3, 0.4) is 0 Å². The second kappa shape index (κ2) is 9.30. The summed E-state index contributed by atoms with van der Waals surface area (Å²) in [6.45, 7) is 5.19. The van der Waals surface area contributed by atoms with Crippen LogP contribution in [0.25, 0.3) is 21.8 Å². The Morgan fingerprint density at radius 2 is 1.62 bits per heavy atom. The number of hydrogen-bond donors (Lipinski definition) is 1. The van der Waals surface area contributed by atoms with E-state index >= 15 is 0 Å². The lowest BCUT2D eigenvalue weighted by atomic mass is 9.96. The molecule has 0 fully saturated rings. The molecule has 0 amide bonds. The highest BCUT2D eigenvalue weighted by Gasteiger charge is 2.35. The SMILES string of the molecule is CCOCCn1c2ccc(C(=O)c3ccccc3C(F)(F)F)cc2c2cc(/C(C)=N\O)ccc21.